The van der Waals surface area contributed by atoms with Crippen LogP contribution in [-0.2, 0) is 4.79 Å². The van der Waals surface area contributed by atoms with Crippen molar-refractivity contribution in [3.05, 3.63) is 64.7 Å². The normalized spacial score (nSPS) is 10.9. The topological polar surface area (TPSA) is 75.6 Å². The largest absolute Gasteiger partial charge is 0.491 e. The van der Waals surface area contributed by atoms with Gasteiger partial charge in [-0.1, -0.05) is 23.7 Å². The molecule has 25 heavy (non-hydrogen) atoms. The van der Waals surface area contributed by atoms with Crippen molar-refractivity contribution in [2.75, 3.05) is 5.32 Å². The van der Waals surface area contributed by atoms with Crippen LogP contribution in [0.25, 0.3) is 6.08 Å². The van der Waals surface area contributed by atoms with Crippen LogP contribution in [0, 0.1) is 0 Å². The predicted octanol–water partition coefficient (Wildman–Crippen LogP) is 4.48. The first-order valence-electron chi connectivity index (χ1n) is 7.64. The Hall–Kier alpha value is -2.79. The van der Waals surface area contributed by atoms with Gasteiger partial charge in [0.2, 0.25) is 5.91 Å². The van der Waals surface area contributed by atoms with Crippen LogP contribution in [0.5, 0.6) is 5.75 Å². The first-order chi connectivity index (χ1) is 11.8. The SMILES string of the molecule is CC(C)Oc1cccc(/C=C/C(=O)Nc2ccc(Cl)c(C(=O)O)c2)c1. The molecule has 5 nitrogen and oxygen atoms in total. The molecule has 2 N–H and O–H groups in total. The maximum absolute atomic E-state index is 12.0. The number of hydrogen-bond donors (Lipinski definition) is 2. The van der Waals surface area contributed by atoms with Gasteiger partial charge in [0, 0.05) is 11.8 Å². The molecular formula is C19H18ClNO4. The Labute approximate surface area is 150 Å². The summed E-state index contributed by atoms with van der Waals surface area (Å²) >= 11 is 5.80. The summed E-state index contributed by atoms with van der Waals surface area (Å²) in [6.07, 6.45) is 3.08. The number of hydrogen-bond acceptors (Lipinski definition) is 3. The van der Waals surface area contributed by atoms with Gasteiger partial charge in [-0.15, -0.1) is 0 Å². The van der Waals surface area contributed by atoms with Crippen LogP contribution in [0.2, 0.25) is 5.02 Å². The summed E-state index contributed by atoms with van der Waals surface area (Å²) in [5, 5.41) is 11.8. The first-order valence-corrected chi connectivity index (χ1v) is 8.01. The van der Waals surface area contributed by atoms with Crippen molar-refractivity contribution in [1.82, 2.24) is 0 Å². The van der Waals surface area contributed by atoms with Gasteiger partial charge in [0.1, 0.15) is 5.75 Å². The molecule has 2 aromatic rings. The van der Waals surface area contributed by atoms with Crippen LogP contribution in [0.4, 0.5) is 5.69 Å². The van der Waals surface area contributed by atoms with E-state index in [0.717, 1.165) is 11.3 Å². The number of carbonyl (C=O) groups excluding carboxylic acids is 1. The Kier molecular flexibility index (Phi) is 6.19. The minimum Gasteiger partial charge on any atom is -0.491 e. The molecule has 2 aromatic carbocycles. The van der Waals surface area contributed by atoms with Crippen LogP contribution >= 0.6 is 11.6 Å². The van der Waals surface area contributed by atoms with E-state index in [4.69, 9.17) is 21.4 Å². The molecular weight excluding hydrogens is 342 g/mol. The van der Waals surface area contributed by atoms with Gasteiger partial charge in [0.15, 0.2) is 0 Å². The van der Waals surface area contributed by atoms with E-state index in [9.17, 15) is 9.59 Å². The second kappa shape index (κ2) is 8.35. The highest BCUT2D eigenvalue weighted by Crippen LogP contribution is 2.21. The molecule has 0 aliphatic carbocycles. The number of ether oxygens (including phenoxy) is 1. The molecule has 0 radical (unpaired) electrons. The van der Waals surface area contributed by atoms with Gasteiger partial charge >= 0.3 is 5.97 Å². The molecule has 0 fully saturated rings. The molecule has 0 atom stereocenters. The Balaban J connectivity index is 2.06. The number of carboxylic acids is 1. The number of halogens is 1. The highest BCUT2D eigenvalue weighted by molar-refractivity contribution is 6.33. The van der Waals surface area contributed by atoms with E-state index in [-0.39, 0.29) is 22.6 Å². The predicted molar refractivity (Wildman–Crippen MR) is 98.3 cm³/mol. The van der Waals surface area contributed by atoms with Crippen LogP contribution in [-0.4, -0.2) is 23.1 Å². The molecule has 0 spiro atoms. The number of amides is 1. The third-order valence-electron chi connectivity index (χ3n) is 3.12. The average Bonchev–Trinajstić information content (AvgIpc) is 2.54. The number of rotatable bonds is 6. The third kappa shape index (κ3) is 5.65. The molecule has 0 saturated heterocycles. The lowest BCUT2D eigenvalue weighted by Crippen LogP contribution is -2.09. The molecule has 0 aliphatic heterocycles. The van der Waals surface area contributed by atoms with Crippen molar-refractivity contribution in [2.24, 2.45) is 0 Å². The zero-order valence-electron chi connectivity index (χ0n) is 13.8. The van der Waals surface area contributed by atoms with Crippen molar-refractivity contribution in [3.63, 3.8) is 0 Å². The summed E-state index contributed by atoms with van der Waals surface area (Å²) in [6.45, 7) is 3.88. The summed E-state index contributed by atoms with van der Waals surface area (Å²) < 4.78 is 5.60. The van der Waals surface area contributed by atoms with Crippen molar-refractivity contribution in [1.29, 1.82) is 0 Å². The lowest BCUT2D eigenvalue weighted by molar-refractivity contribution is -0.111. The average molecular weight is 360 g/mol. The highest BCUT2D eigenvalue weighted by Gasteiger charge is 2.10. The van der Waals surface area contributed by atoms with Gasteiger partial charge in [-0.2, -0.15) is 0 Å². The Morgan fingerprint density at radius 3 is 2.64 bits per heavy atom. The molecule has 6 heteroatoms. The first kappa shape index (κ1) is 18.5. The fraction of sp³-hybridized carbons (Fsp3) is 0.158. The molecule has 0 unspecified atom stereocenters. The van der Waals surface area contributed by atoms with Crippen molar-refractivity contribution in [2.45, 2.75) is 20.0 Å². The Bertz CT molecular complexity index is 815. The third-order valence-corrected chi connectivity index (χ3v) is 3.45. The molecule has 130 valence electrons. The minimum absolute atomic E-state index is 0.0656. The summed E-state index contributed by atoms with van der Waals surface area (Å²) in [4.78, 5) is 23.1. The number of benzene rings is 2. The fourth-order valence-corrected chi connectivity index (χ4v) is 2.28. The van der Waals surface area contributed by atoms with E-state index < -0.39 is 5.97 Å². The van der Waals surface area contributed by atoms with E-state index in [1.807, 2.05) is 38.1 Å². The van der Waals surface area contributed by atoms with Gasteiger partial charge < -0.3 is 15.2 Å². The highest BCUT2D eigenvalue weighted by atomic mass is 35.5. The summed E-state index contributed by atoms with van der Waals surface area (Å²) in [5.41, 5.74) is 1.10. The fourth-order valence-electron chi connectivity index (χ4n) is 2.09. The minimum atomic E-state index is -1.15. The van der Waals surface area contributed by atoms with E-state index in [1.165, 1.54) is 24.3 Å². The van der Waals surface area contributed by atoms with E-state index in [0.29, 0.717) is 5.69 Å². The second-order valence-corrected chi connectivity index (χ2v) is 5.97. The lowest BCUT2D eigenvalue weighted by Gasteiger charge is -2.09. The number of nitrogens with one attached hydrogen (secondary N) is 1. The van der Waals surface area contributed by atoms with Crippen molar-refractivity contribution < 1.29 is 19.4 Å². The van der Waals surface area contributed by atoms with Gasteiger partial charge in [-0.3, -0.25) is 4.79 Å². The van der Waals surface area contributed by atoms with E-state index in [2.05, 4.69) is 5.32 Å². The molecule has 2 rings (SSSR count). The summed E-state index contributed by atoms with van der Waals surface area (Å²) in [6, 6.07) is 11.6. The number of anilines is 1. The van der Waals surface area contributed by atoms with Crippen LogP contribution in [0.3, 0.4) is 0 Å². The molecule has 0 aliphatic rings. The van der Waals surface area contributed by atoms with Gasteiger partial charge in [-0.05, 0) is 55.8 Å². The molecule has 0 aromatic heterocycles. The zero-order valence-corrected chi connectivity index (χ0v) is 14.6. The van der Waals surface area contributed by atoms with Crippen LogP contribution in [0.1, 0.15) is 29.8 Å². The number of carbonyl (C=O) groups is 2. The number of aromatic carboxylic acids is 1. The smallest absolute Gasteiger partial charge is 0.337 e. The summed E-state index contributed by atoms with van der Waals surface area (Å²) in [7, 11) is 0. The Morgan fingerprint density at radius 1 is 1.20 bits per heavy atom. The summed E-state index contributed by atoms with van der Waals surface area (Å²) in [5.74, 6) is -0.811. The maximum atomic E-state index is 12.0. The molecule has 0 saturated carbocycles. The van der Waals surface area contributed by atoms with Gasteiger partial charge in [0.25, 0.3) is 0 Å². The molecule has 0 bridgehead atoms. The zero-order chi connectivity index (χ0) is 18.4. The quantitative estimate of drug-likeness (QED) is 0.746. The molecule has 0 heterocycles. The standard InChI is InChI=1S/C19H18ClNO4/c1-12(2)25-15-5-3-4-13(10-15)6-9-18(22)21-14-7-8-17(20)16(11-14)19(23)24/h3-12H,1-2H3,(H,21,22)(H,23,24)/b9-6+. The lowest BCUT2D eigenvalue weighted by atomic mass is 10.2. The maximum Gasteiger partial charge on any atom is 0.337 e. The van der Waals surface area contributed by atoms with E-state index >= 15 is 0 Å². The van der Waals surface area contributed by atoms with Gasteiger partial charge in [0.05, 0.1) is 16.7 Å². The monoisotopic (exact) mass is 359 g/mol. The Morgan fingerprint density at radius 2 is 1.96 bits per heavy atom. The van der Waals surface area contributed by atoms with Crippen LogP contribution < -0.4 is 10.1 Å². The number of carboxylic acid groups (broad SMARTS) is 1. The van der Waals surface area contributed by atoms with Crippen LogP contribution in [0.15, 0.2) is 48.5 Å². The second-order valence-electron chi connectivity index (χ2n) is 5.56. The van der Waals surface area contributed by atoms with Crippen molar-refractivity contribution in [3.8, 4) is 5.75 Å². The van der Waals surface area contributed by atoms with E-state index in [1.54, 1.807) is 6.08 Å². The van der Waals surface area contributed by atoms with Crippen molar-refractivity contribution >= 4 is 35.2 Å². The van der Waals surface area contributed by atoms with Gasteiger partial charge in [-0.25, -0.2) is 4.79 Å². The molecule has 1 amide bonds.